The van der Waals surface area contributed by atoms with E-state index in [1.807, 2.05) is 0 Å². The van der Waals surface area contributed by atoms with E-state index in [4.69, 9.17) is 11.6 Å². The summed E-state index contributed by atoms with van der Waals surface area (Å²) in [7, 11) is -3.69. The summed E-state index contributed by atoms with van der Waals surface area (Å²) >= 11 is 7.09. The largest absolute Gasteiger partial charge is 0.301 e. The molecule has 0 aliphatic carbocycles. The molecule has 2 aromatic rings. The van der Waals surface area contributed by atoms with Gasteiger partial charge in [-0.3, -0.25) is 10.1 Å². The lowest BCUT2D eigenvalue weighted by Gasteiger charge is -2.07. The second kappa shape index (κ2) is 6.05. The van der Waals surface area contributed by atoms with Gasteiger partial charge in [0.15, 0.2) is 9.84 Å². The molecule has 0 saturated heterocycles. The number of rotatable bonds is 4. The zero-order valence-corrected chi connectivity index (χ0v) is 13.2. The van der Waals surface area contributed by atoms with Crippen molar-refractivity contribution in [3.05, 3.63) is 57.6 Å². The molecule has 0 spiro atoms. The van der Waals surface area contributed by atoms with Crippen LogP contribution in [0, 0.1) is 10.1 Å². The molecular formula is C13H10ClNO4S2. The van der Waals surface area contributed by atoms with E-state index in [0.717, 1.165) is 18.0 Å². The molecule has 2 aromatic carbocycles. The lowest BCUT2D eigenvalue weighted by molar-refractivity contribution is -0.390. The smallest absolute Gasteiger partial charge is 0.258 e. The number of benzene rings is 2. The van der Waals surface area contributed by atoms with Crippen molar-refractivity contribution in [3.8, 4) is 0 Å². The van der Waals surface area contributed by atoms with Gasteiger partial charge in [0.05, 0.1) is 14.8 Å². The topological polar surface area (TPSA) is 77.3 Å². The molecule has 5 nitrogen and oxygen atoms in total. The Balaban J connectivity index is 2.60. The maximum atomic E-state index is 11.7. The summed E-state index contributed by atoms with van der Waals surface area (Å²) in [5.74, 6) is 0. The third kappa shape index (κ3) is 3.55. The Kier molecular flexibility index (Phi) is 4.55. The lowest BCUT2D eigenvalue weighted by Crippen LogP contribution is -2.03. The first-order valence-electron chi connectivity index (χ1n) is 5.70. The average Bonchev–Trinajstić information content (AvgIpc) is 2.40. The van der Waals surface area contributed by atoms with E-state index < -0.39 is 20.4 Å². The Morgan fingerprint density at radius 2 is 1.71 bits per heavy atom. The highest BCUT2D eigenvalue weighted by Crippen LogP contribution is 2.40. The molecule has 0 saturated carbocycles. The molecule has 0 N–H and O–H groups in total. The van der Waals surface area contributed by atoms with Crippen molar-refractivity contribution in [2.75, 3.05) is 6.26 Å². The van der Waals surface area contributed by atoms with Gasteiger partial charge in [-0.2, -0.15) is 0 Å². The Morgan fingerprint density at radius 3 is 2.29 bits per heavy atom. The Hall–Kier alpha value is -1.57. The fourth-order valence-corrected chi connectivity index (χ4v) is 3.86. The normalized spacial score (nSPS) is 11.3. The Bertz CT molecular complexity index is 806. The second-order valence-electron chi connectivity index (χ2n) is 4.16. The van der Waals surface area contributed by atoms with Gasteiger partial charge in [-0.05, 0) is 24.3 Å². The van der Waals surface area contributed by atoms with Gasteiger partial charge in [0, 0.05) is 11.2 Å². The molecule has 0 amide bonds. The monoisotopic (exact) mass is 343 g/mol. The van der Waals surface area contributed by atoms with Gasteiger partial charge in [0.25, 0.3) is 0 Å². The Labute approximate surface area is 131 Å². The lowest BCUT2D eigenvalue weighted by atomic mass is 10.3. The van der Waals surface area contributed by atoms with Gasteiger partial charge in [0.2, 0.25) is 0 Å². The fraction of sp³-hybridized carbons (Fsp3) is 0.0769. The number of para-hydroxylation sites is 1. The molecule has 0 aromatic heterocycles. The zero-order chi connectivity index (χ0) is 15.6. The molecule has 0 bridgehead atoms. The fourth-order valence-electron chi connectivity index (χ4n) is 1.71. The molecule has 0 fully saturated rings. The number of hydrogen-bond donors (Lipinski definition) is 0. The van der Waals surface area contributed by atoms with Crippen LogP contribution in [0.15, 0.2) is 57.2 Å². The standard InChI is InChI=1S/C13H10ClNO4S2/c1-21(18,19)12-8-4-7-11(13(12)15(16)17)20-10-6-3-2-5-9(10)14/h2-8H,1H3. The highest BCUT2D eigenvalue weighted by molar-refractivity contribution is 7.99. The molecule has 0 aliphatic rings. The summed E-state index contributed by atoms with van der Waals surface area (Å²) in [5, 5.41) is 11.7. The summed E-state index contributed by atoms with van der Waals surface area (Å²) < 4.78 is 23.4. The van der Waals surface area contributed by atoms with Crippen molar-refractivity contribution in [3.63, 3.8) is 0 Å². The van der Waals surface area contributed by atoms with Gasteiger partial charge in [-0.25, -0.2) is 8.42 Å². The first-order chi connectivity index (χ1) is 9.80. The maximum Gasteiger partial charge on any atom is 0.301 e. The van der Waals surface area contributed by atoms with Gasteiger partial charge in [0.1, 0.15) is 4.90 Å². The van der Waals surface area contributed by atoms with Gasteiger partial charge >= 0.3 is 5.69 Å². The van der Waals surface area contributed by atoms with Crippen molar-refractivity contribution in [1.82, 2.24) is 0 Å². The van der Waals surface area contributed by atoms with Gasteiger partial charge in [-0.1, -0.05) is 41.6 Å². The van der Waals surface area contributed by atoms with Crippen molar-refractivity contribution in [2.45, 2.75) is 14.7 Å². The molecular weight excluding hydrogens is 334 g/mol. The first kappa shape index (κ1) is 15.8. The van der Waals surface area contributed by atoms with Crippen LogP contribution in [0.4, 0.5) is 5.69 Å². The SMILES string of the molecule is CS(=O)(=O)c1cccc(Sc2ccccc2Cl)c1[N+](=O)[O-]. The number of hydrogen-bond acceptors (Lipinski definition) is 5. The van der Waals surface area contributed by atoms with Gasteiger partial charge < -0.3 is 0 Å². The van der Waals surface area contributed by atoms with E-state index in [-0.39, 0.29) is 9.79 Å². The number of sulfone groups is 1. The molecule has 8 heteroatoms. The number of nitrogens with zero attached hydrogens (tertiary/aromatic N) is 1. The minimum Gasteiger partial charge on any atom is -0.258 e. The molecule has 21 heavy (non-hydrogen) atoms. The maximum absolute atomic E-state index is 11.7. The van der Waals surface area contributed by atoms with E-state index >= 15 is 0 Å². The van der Waals surface area contributed by atoms with Crippen LogP contribution in [0.3, 0.4) is 0 Å². The van der Waals surface area contributed by atoms with E-state index in [2.05, 4.69) is 0 Å². The molecule has 0 aliphatic heterocycles. The quantitative estimate of drug-likeness (QED) is 0.623. The van der Waals surface area contributed by atoms with Crippen LogP contribution < -0.4 is 0 Å². The molecule has 0 atom stereocenters. The van der Waals surface area contributed by atoms with E-state index in [1.54, 1.807) is 24.3 Å². The van der Waals surface area contributed by atoms with Crippen LogP contribution in [-0.4, -0.2) is 19.6 Å². The van der Waals surface area contributed by atoms with Crippen molar-refractivity contribution in [1.29, 1.82) is 0 Å². The third-order valence-corrected chi connectivity index (χ3v) is 5.30. The highest BCUT2D eigenvalue weighted by Gasteiger charge is 2.26. The third-order valence-electron chi connectivity index (χ3n) is 2.60. The van der Waals surface area contributed by atoms with Gasteiger partial charge in [-0.15, -0.1) is 0 Å². The van der Waals surface area contributed by atoms with Crippen LogP contribution in [0.25, 0.3) is 0 Å². The second-order valence-corrected chi connectivity index (χ2v) is 7.64. The van der Waals surface area contributed by atoms with Crippen LogP contribution in [0.2, 0.25) is 5.02 Å². The average molecular weight is 344 g/mol. The molecule has 0 heterocycles. The summed E-state index contributed by atoms with van der Waals surface area (Å²) in [5.41, 5.74) is -0.426. The number of nitro groups is 1. The minimum atomic E-state index is -3.69. The van der Waals surface area contributed by atoms with Crippen molar-refractivity contribution in [2.24, 2.45) is 0 Å². The number of halogens is 1. The van der Waals surface area contributed by atoms with Crippen LogP contribution in [0.1, 0.15) is 0 Å². The van der Waals surface area contributed by atoms with E-state index in [0.29, 0.717) is 9.92 Å². The van der Waals surface area contributed by atoms with Crippen LogP contribution in [-0.2, 0) is 9.84 Å². The number of nitro benzene ring substituents is 1. The predicted octanol–water partition coefficient (Wildman–Crippen LogP) is 3.80. The summed E-state index contributed by atoms with van der Waals surface area (Å²) in [6.45, 7) is 0. The van der Waals surface area contributed by atoms with Crippen LogP contribution >= 0.6 is 23.4 Å². The molecule has 2 rings (SSSR count). The summed E-state index contributed by atoms with van der Waals surface area (Å²) in [6, 6.07) is 11.1. The van der Waals surface area contributed by atoms with E-state index in [1.165, 1.54) is 18.2 Å². The summed E-state index contributed by atoms with van der Waals surface area (Å²) in [6.07, 6.45) is 0.944. The predicted molar refractivity (Wildman–Crippen MR) is 81.8 cm³/mol. The van der Waals surface area contributed by atoms with Crippen molar-refractivity contribution >= 4 is 38.9 Å². The summed E-state index contributed by atoms with van der Waals surface area (Å²) in [4.78, 5) is 11.1. The molecule has 0 radical (unpaired) electrons. The van der Waals surface area contributed by atoms with Crippen molar-refractivity contribution < 1.29 is 13.3 Å². The van der Waals surface area contributed by atoms with Crippen LogP contribution in [0.5, 0.6) is 0 Å². The molecule has 110 valence electrons. The first-order valence-corrected chi connectivity index (χ1v) is 8.79. The highest BCUT2D eigenvalue weighted by atomic mass is 35.5. The molecule has 0 unspecified atom stereocenters. The Morgan fingerprint density at radius 1 is 1.10 bits per heavy atom. The van der Waals surface area contributed by atoms with E-state index in [9.17, 15) is 18.5 Å². The zero-order valence-electron chi connectivity index (χ0n) is 10.8. The minimum absolute atomic E-state index is 0.232.